The normalized spacial score (nSPS) is 27.2. The molecule has 0 aromatic carbocycles. The predicted molar refractivity (Wildman–Crippen MR) is 59.4 cm³/mol. The van der Waals surface area contributed by atoms with E-state index in [4.69, 9.17) is 11.6 Å². The highest BCUT2D eigenvalue weighted by atomic mass is 35.5. The Morgan fingerprint density at radius 2 is 1.88 bits per heavy atom. The average molecular weight is 253 g/mol. The average Bonchev–Trinajstić information content (AvgIpc) is 2.82. The maximum absolute atomic E-state index is 11.5. The van der Waals surface area contributed by atoms with Crippen molar-refractivity contribution >= 4 is 29.2 Å². The molecule has 0 radical (unpaired) electrons. The molecule has 0 saturated carbocycles. The molecular weight excluding hydrogens is 244 g/mol. The van der Waals surface area contributed by atoms with E-state index in [1.165, 1.54) is 6.33 Å². The van der Waals surface area contributed by atoms with E-state index < -0.39 is 0 Å². The van der Waals surface area contributed by atoms with Gasteiger partial charge in [0.1, 0.15) is 17.3 Å². The van der Waals surface area contributed by atoms with Crippen molar-refractivity contribution in [1.82, 2.24) is 15.3 Å². The lowest BCUT2D eigenvalue weighted by atomic mass is 10.00. The quantitative estimate of drug-likeness (QED) is 0.555. The molecule has 1 aromatic heterocycles. The van der Waals surface area contributed by atoms with Crippen molar-refractivity contribution in [3.8, 4) is 0 Å². The second-order valence-corrected chi connectivity index (χ2v) is 4.56. The van der Waals surface area contributed by atoms with Crippen LogP contribution in [0.5, 0.6) is 0 Å². The zero-order chi connectivity index (χ0) is 12.0. The molecule has 1 N–H and O–H groups in total. The fraction of sp³-hybridized carbons (Fsp3) is 0.400. The van der Waals surface area contributed by atoms with Gasteiger partial charge < -0.3 is 4.90 Å². The second kappa shape index (κ2) is 3.66. The molecule has 7 heteroatoms. The molecule has 2 atom stereocenters. The molecule has 2 aliphatic rings. The maximum Gasteiger partial charge on any atom is 0.232 e. The summed E-state index contributed by atoms with van der Waals surface area (Å²) in [6.45, 7) is 0.991. The number of hydrogen-bond donors (Lipinski definition) is 1. The number of anilines is 1. The highest BCUT2D eigenvalue weighted by Gasteiger charge is 2.48. The molecule has 6 nitrogen and oxygen atoms in total. The monoisotopic (exact) mass is 252 g/mol. The van der Waals surface area contributed by atoms with Gasteiger partial charge in [-0.15, -0.1) is 0 Å². The van der Waals surface area contributed by atoms with Crippen LogP contribution in [0.1, 0.15) is 0 Å². The smallest absolute Gasteiger partial charge is 0.232 e. The third-order valence-corrected chi connectivity index (χ3v) is 3.39. The van der Waals surface area contributed by atoms with Crippen LogP contribution >= 0.6 is 11.6 Å². The first kappa shape index (κ1) is 10.5. The second-order valence-electron chi connectivity index (χ2n) is 4.17. The fourth-order valence-electron chi connectivity index (χ4n) is 2.33. The lowest BCUT2D eigenvalue weighted by molar-refractivity contribution is -0.126. The Kier molecular flexibility index (Phi) is 2.25. The summed E-state index contributed by atoms with van der Waals surface area (Å²) in [7, 11) is 0. The maximum atomic E-state index is 11.5. The zero-order valence-electron chi connectivity index (χ0n) is 8.76. The molecule has 3 rings (SSSR count). The first-order valence-electron chi connectivity index (χ1n) is 5.22. The van der Waals surface area contributed by atoms with Crippen LogP contribution in [0.15, 0.2) is 12.4 Å². The van der Waals surface area contributed by atoms with Gasteiger partial charge in [-0.1, -0.05) is 11.6 Å². The Hall–Kier alpha value is -1.69. The van der Waals surface area contributed by atoms with Gasteiger partial charge in [0.15, 0.2) is 0 Å². The van der Waals surface area contributed by atoms with E-state index in [2.05, 4.69) is 15.3 Å². The summed E-state index contributed by atoms with van der Waals surface area (Å²) in [6, 6.07) is 1.63. The largest absolute Gasteiger partial charge is 0.355 e. The van der Waals surface area contributed by atoms with Gasteiger partial charge in [-0.3, -0.25) is 14.9 Å². The number of rotatable bonds is 1. The molecule has 0 spiro atoms. The number of imide groups is 1. The summed E-state index contributed by atoms with van der Waals surface area (Å²) in [6.07, 6.45) is 1.37. The number of hydrogen-bond acceptors (Lipinski definition) is 5. The molecule has 3 heterocycles. The van der Waals surface area contributed by atoms with Crippen molar-refractivity contribution in [1.29, 1.82) is 0 Å². The van der Waals surface area contributed by atoms with Crippen LogP contribution in [-0.4, -0.2) is 34.9 Å². The standard InChI is InChI=1S/C10H9ClN4O2/c11-7-1-8(13-4-12-7)15-2-5-6(3-15)10(17)14-9(5)16/h1,4-6H,2-3H2,(H,14,16,17)/t5-,6-/m1/s1. The summed E-state index contributed by atoms with van der Waals surface area (Å²) in [5, 5.41) is 2.69. The minimum Gasteiger partial charge on any atom is -0.355 e. The van der Waals surface area contributed by atoms with Gasteiger partial charge in [-0.2, -0.15) is 0 Å². The molecule has 88 valence electrons. The van der Waals surface area contributed by atoms with Crippen LogP contribution in [-0.2, 0) is 9.59 Å². The van der Waals surface area contributed by atoms with Crippen LogP contribution in [0, 0.1) is 11.8 Å². The molecule has 17 heavy (non-hydrogen) atoms. The molecule has 2 aliphatic heterocycles. The van der Waals surface area contributed by atoms with Crippen LogP contribution in [0.3, 0.4) is 0 Å². The van der Waals surface area contributed by atoms with E-state index in [9.17, 15) is 9.59 Å². The topological polar surface area (TPSA) is 75.2 Å². The van der Waals surface area contributed by atoms with E-state index in [0.29, 0.717) is 24.1 Å². The van der Waals surface area contributed by atoms with Crippen LogP contribution in [0.4, 0.5) is 5.82 Å². The number of nitrogens with zero attached hydrogens (tertiary/aromatic N) is 3. The van der Waals surface area contributed by atoms with Gasteiger partial charge >= 0.3 is 0 Å². The minimum absolute atomic E-state index is 0.192. The molecule has 2 amide bonds. The Bertz CT molecular complexity index is 485. The first-order valence-corrected chi connectivity index (χ1v) is 5.60. The van der Waals surface area contributed by atoms with Crippen LogP contribution in [0.25, 0.3) is 0 Å². The molecule has 0 aliphatic carbocycles. The van der Waals surface area contributed by atoms with Crippen molar-refractivity contribution in [2.45, 2.75) is 0 Å². The van der Waals surface area contributed by atoms with E-state index >= 15 is 0 Å². The predicted octanol–water partition coefficient (Wildman–Crippen LogP) is -0.161. The SMILES string of the molecule is O=C1NC(=O)[C@@H]2CN(c3cc(Cl)ncn3)C[C@@H]12. The summed E-state index contributed by atoms with van der Waals surface area (Å²) < 4.78 is 0. The lowest BCUT2D eigenvalue weighted by Gasteiger charge is -2.17. The van der Waals surface area contributed by atoms with Gasteiger partial charge in [0.05, 0.1) is 11.8 Å². The van der Waals surface area contributed by atoms with Crippen LogP contribution < -0.4 is 10.2 Å². The van der Waals surface area contributed by atoms with Crippen molar-refractivity contribution in [3.63, 3.8) is 0 Å². The highest BCUT2D eigenvalue weighted by Crippen LogP contribution is 2.31. The number of halogens is 1. The van der Waals surface area contributed by atoms with E-state index in [0.717, 1.165) is 0 Å². The summed E-state index contributed by atoms with van der Waals surface area (Å²) in [5.74, 6) is -0.266. The highest BCUT2D eigenvalue weighted by molar-refractivity contribution is 6.29. The van der Waals surface area contributed by atoms with Gasteiger partial charge in [0, 0.05) is 19.2 Å². The number of fused-ring (bicyclic) bond motifs is 1. The molecule has 0 unspecified atom stereocenters. The zero-order valence-corrected chi connectivity index (χ0v) is 9.52. The number of nitrogens with one attached hydrogen (secondary N) is 1. The lowest BCUT2D eigenvalue weighted by Crippen LogP contribution is -2.31. The summed E-state index contributed by atoms with van der Waals surface area (Å²) >= 11 is 5.78. The van der Waals surface area contributed by atoms with Crippen molar-refractivity contribution < 1.29 is 9.59 Å². The van der Waals surface area contributed by atoms with Gasteiger partial charge in [-0.25, -0.2) is 9.97 Å². The third-order valence-electron chi connectivity index (χ3n) is 3.18. The number of carbonyl (C=O) groups is 2. The Labute approximate surface area is 102 Å². The van der Waals surface area contributed by atoms with Crippen molar-refractivity contribution in [3.05, 3.63) is 17.5 Å². The minimum atomic E-state index is -0.267. The first-order chi connectivity index (χ1) is 8.15. The summed E-state index contributed by atoms with van der Waals surface area (Å²) in [4.78, 5) is 32.8. The molecular formula is C10H9ClN4O2. The van der Waals surface area contributed by atoms with E-state index in [1.54, 1.807) is 6.07 Å². The van der Waals surface area contributed by atoms with Crippen molar-refractivity contribution in [2.24, 2.45) is 11.8 Å². The van der Waals surface area contributed by atoms with E-state index in [1.807, 2.05) is 4.90 Å². The van der Waals surface area contributed by atoms with Gasteiger partial charge in [0.2, 0.25) is 11.8 Å². The summed E-state index contributed by atoms with van der Waals surface area (Å²) in [5.41, 5.74) is 0. The molecule has 2 fully saturated rings. The number of carbonyl (C=O) groups excluding carboxylic acids is 2. The van der Waals surface area contributed by atoms with Gasteiger partial charge in [0.25, 0.3) is 0 Å². The van der Waals surface area contributed by atoms with Gasteiger partial charge in [-0.05, 0) is 0 Å². The Morgan fingerprint density at radius 3 is 2.47 bits per heavy atom. The number of amides is 2. The number of aromatic nitrogens is 2. The molecule has 2 saturated heterocycles. The molecule has 1 aromatic rings. The fourth-order valence-corrected chi connectivity index (χ4v) is 2.47. The van der Waals surface area contributed by atoms with Crippen LogP contribution in [0.2, 0.25) is 5.15 Å². The van der Waals surface area contributed by atoms with E-state index in [-0.39, 0.29) is 23.7 Å². The Balaban J connectivity index is 1.85. The third kappa shape index (κ3) is 1.64. The van der Waals surface area contributed by atoms with Crippen molar-refractivity contribution in [2.75, 3.05) is 18.0 Å². The molecule has 0 bridgehead atoms. The Morgan fingerprint density at radius 1 is 1.24 bits per heavy atom.